The maximum atomic E-state index is 12.9. The van der Waals surface area contributed by atoms with Crippen LogP contribution in [0.15, 0.2) is 54.6 Å². The number of rotatable bonds is 6. The molecule has 2 N–H and O–H groups in total. The average Bonchev–Trinajstić information content (AvgIpc) is 3.20. The Morgan fingerprint density at radius 3 is 2.80 bits per heavy atom. The Hall–Kier alpha value is -3.19. The molecule has 30 heavy (non-hydrogen) atoms. The molecule has 1 heterocycles. The highest BCUT2D eigenvalue weighted by molar-refractivity contribution is 7.16. The zero-order valence-electron chi connectivity index (χ0n) is 16.7. The summed E-state index contributed by atoms with van der Waals surface area (Å²) < 4.78 is 5.24. The summed E-state index contributed by atoms with van der Waals surface area (Å²) in [5, 5.41) is 6.43. The molecule has 1 aliphatic rings. The van der Waals surface area contributed by atoms with Crippen molar-refractivity contribution in [2.75, 3.05) is 12.4 Å². The Bertz CT molecular complexity index is 1050. The molecule has 2 aromatic carbocycles. The number of nitrogens with zero attached hydrogens (tertiary/aromatic N) is 1. The van der Waals surface area contributed by atoms with Crippen molar-refractivity contribution < 1.29 is 14.3 Å². The van der Waals surface area contributed by atoms with E-state index in [1.54, 1.807) is 19.2 Å². The second-order valence-corrected chi connectivity index (χ2v) is 8.25. The Balaban J connectivity index is 1.44. The summed E-state index contributed by atoms with van der Waals surface area (Å²) in [7, 11) is 1.62. The smallest absolute Gasteiger partial charge is 0.257 e. The standard InChI is InChI=1S/C23H23N3O3S/c1-29-17-10-5-7-15(13-17)14-24-22(28)18-11-6-12-19-20(18)25-23(30-19)26-21(27)16-8-3-2-4-9-16/h2-5,7-10,13,18H,6,11-12,14H2,1H3,(H,24,28)(H,25,26,27)/t18-/m1/s1. The number of aryl methyl sites for hydroxylation is 1. The quantitative estimate of drug-likeness (QED) is 0.627. The number of thiazole rings is 1. The zero-order chi connectivity index (χ0) is 20.9. The first-order valence-corrected chi connectivity index (χ1v) is 10.7. The minimum atomic E-state index is -0.294. The van der Waals surface area contributed by atoms with Gasteiger partial charge in [-0.3, -0.25) is 14.9 Å². The number of hydrogen-bond acceptors (Lipinski definition) is 5. The number of fused-ring (bicyclic) bond motifs is 1. The molecule has 1 aromatic heterocycles. The van der Waals surface area contributed by atoms with E-state index in [0.29, 0.717) is 17.2 Å². The first-order chi connectivity index (χ1) is 14.6. The van der Waals surface area contributed by atoms with Crippen molar-refractivity contribution in [3.05, 3.63) is 76.3 Å². The van der Waals surface area contributed by atoms with Crippen LogP contribution >= 0.6 is 11.3 Å². The van der Waals surface area contributed by atoms with Gasteiger partial charge in [-0.25, -0.2) is 4.98 Å². The van der Waals surface area contributed by atoms with Crippen LogP contribution in [-0.2, 0) is 17.8 Å². The molecule has 0 saturated carbocycles. The number of carbonyl (C=O) groups excluding carboxylic acids is 2. The van der Waals surface area contributed by atoms with E-state index in [2.05, 4.69) is 15.6 Å². The van der Waals surface area contributed by atoms with Crippen molar-refractivity contribution in [2.45, 2.75) is 31.7 Å². The summed E-state index contributed by atoms with van der Waals surface area (Å²) in [5.74, 6) is 0.240. The van der Waals surface area contributed by atoms with Gasteiger partial charge in [0.25, 0.3) is 5.91 Å². The number of amides is 2. The van der Waals surface area contributed by atoms with Gasteiger partial charge in [-0.15, -0.1) is 11.3 Å². The van der Waals surface area contributed by atoms with Gasteiger partial charge < -0.3 is 10.1 Å². The Morgan fingerprint density at radius 2 is 2.00 bits per heavy atom. The van der Waals surface area contributed by atoms with Crippen molar-refractivity contribution >= 4 is 28.3 Å². The third kappa shape index (κ3) is 4.52. The Kier molecular flexibility index (Phi) is 6.09. The predicted octanol–water partition coefficient (Wildman–Crippen LogP) is 4.14. The maximum Gasteiger partial charge on any atom is 0.257 e. The molecule has 1 aliphatic carbocycles. The highest BCUT2D eigenvalue weighted by Gasteiger charge is 2.30. The number of aromatic nitrogens is 1. The van der Waals surface area contributed by atoms with Crippen LogP contribution < -0.4 is 15.4 Å². The number of nitrogens with one attached hydrogen (secondary N) is 2. The van der Waals surface area contributed by atoms with Gasteiger partial charge in [0.05, 0.1) is 18.7 Å². The lowest BCUT2D eigenvalue weighted by molar-refractivity contribution is -0.123. The molecule has 3 aromatic rings. The third-order valence-electron chi connectivity index (χ3n) is 5.13. The van der Waals surface area contributed by atoms with E-state index in [9.17, 15) is 9.59 Å². The highest BCUT2D eigenvalue weighted by Crippen LogP contribution is 2.37. The third-order valence-corrected chi connectivity index (χ3v) is 6.17. The predicted molar refractivity (Wildman–Crippen MR) is 117 cm³/mol. The number of ether oxygens (including phenoxy) is 1. The fraction of sp³-hybridized carbons (Fsp3) is 0.261. The van der Waals surface area contributed by atoms with Crippen LogP contribution in [-0.4, -0.2) is 23.9 Å². The lowest BCUT2D eigenvalue weighted by Crippen LogP contribution is -2.31. The van der Waals surface area contributed by atoms with Crippen LogP contribution in [0.1, 0.15) is 45.3 Å². The normalized spacial score (nSPS) is 15.2. The van der Waals surface area contributed by atoms with E-state index in [1.165, 1.54) is 11.3 Å². The molecule has 0 unspecified atom stereocenters. The first-order valence-electron chi connectivity index (χ1n) is 9.90. The van der Waals surface area contributed by atoms with Crippen LogP contribution in [0, 0.1) is 0 Å². The SMILES string of the molecule is COc1cccc(CNC(=O)[C@@H]2CCCc3sc(NC(=O)c4ccccc4)nc32)c1. The molecule has 0 spiro atoms. The Morgan fingerprint density at radius 1 is 1.17 bits per heavy atom. The van der Waals surface area contributed by atoms with Gasteiger partial charge >= 0.3 is 0 Å². The van der Waals surface area contributed by atoms with Crippen LogP contribution in [0.4, 0.5) is 5.13 Å². The van der Waals surface area contributed by atoms with Crippen LogP contribution in [0.5, 0.6) is 5.75 Å². The van der Waals surface area contributed by atoms with Crippen molar-refractivity contribution in [3.8, 4) is 5.75 Å². The molecular weight excluding hydrogens is 398 g/mol. The largest absolute Gasteiger partial charge is 0.497 e. The molecule has 0 bridgehead atoms. The molecule has 4 rings (SSSR count). The Labute approximate surface area is 179 Å². The molecule has 1 atom stereocenters. The maximum absolute atomic E-state index is 12.9. The second kappa shape index (κ2) is 9.09. The van der Waals surface area contributed by atoms with Crippen molar-refractivity contribution in [3.63, 3.8) is 0 Å². The van der Waals surface area contributed by atoms with Gasteiger partial charge in [0, 0.05) is 17.0 Å². The molecule has 0 saturated heterocycles. The summed E-state index contributed by atoms with van der Waals surface area (Å²) in [5.41, 5.74) is 2.35. The molecule has 0 radical (unpaired) electrons. The lowest BCUT2D eigenvalue weighted by Gasteiger charge is -2.20. The molecule has 7 heteroatoms. The fourth-order valence-electron chi connectivity index (χ4n) is 3.58. The molecule has 2 amide bonds. The van der Waals surface area contributed by atoms with Gasteiger partial charge in [0.15, 0.2) is 5.13 Å². The fourth-order valence-corrected chi connectivity index (χ4v) is 4.64. The number of benzene rings is 2. The minimum Gasteiger partial charge on any atom is -0.497 e. The number of methoxy groups -OCH3 is 1. The van der Waals surface area contributed by atoms with Crippen LogP contribution in [0.3, 0.4) is 0 Å². The molecule has 6 nitrogen and oxygen atoms in total. The second-order valence-electron chi connectivity index (χ2n) is 7.16. The van der Waals surface area contributed by atoms with Gasteiger partial charge in [-0.1, -0.05) is 30.3 Å². The van der Waals surface area contributed by atoms with Gasteiger partial charge in [0.1, 0.15) is 5.75 Å². The molecular formula is C23H23N3O3S. The lowest BCUT2D eigenvalue weighted by atomic mass is 9.90. The van der Waals surface area contributed by atoms with E-state index in [1.807, 2.05) is 42.5 Å². The topological polar surface area (TPSA) is 80.3 Å². The van der Waals surface area contributed by atoms with E-state index >= 15 is 0 Å². The summed E-state index contributed by atoms with van der Waals surface area (Å²) in [6.07, 6.45) is 2.57. The summed E-state index contributed by atoms with van der Waals surface area (Å²) in [6.45, 7) is 0.434. The van der Waals surface area contributed by atoms with Crippen molar-refractivity contribution in [2.24, 2.45) is 0 Å². The molecule has 0 aliphatic heterocycles. The first kappa shape index (κ1) is 20.1. The van der Waals surface area contributed by atoms with Crippen LogP contribution in [0.2, 0.25) is 0 Å². The van der Waals surface area contributed by atoms with Gasteiger partial charge in [-0.05, 0) is 49.1 Å². The number of carbonyl (C=O) groups is 2. The minimum absolute atomic E-state index is 0.0370. The van der Waals surface area contributed by atoms with E-state index in [0.717, 1.165) is 41.1 Å². The van der Waals surface area contributed by atoms with Crippen molar-refractivity contribution in [1.82, 2.24) is 10.3 Å². The summed E-state index contributed by atoms with van der Waals surface area (Å²) in [6, 6.07) is 16.7. The zero-order valence-corrected chi connectivity index (χ0v) is 17.5. The van der Waals surface area contributed by atoms with E-state index < -0.39 is 0 Å². The summed E-state index contributed by atoms with van der Waals surface area (Å²) in [4.78, 5) is 31.0. The summed E-state index contributed by atoms with van der Waals surface area (Å²) >= 11 is 1.46. The molecule has 0 fully saturated rings. The molecule has 154 valence electrons. The van der Waals surface area contributed by atoms with E-state index in [4.69, 9.17) is 4.74 Å². The number of anilines is 1. The highest BCUT2D eigenvalue weighted by atomic mass is 32.1. The van der Waals surface area contributed by atoms with Gasteiger partial charge in [0.2, 0.25) is 5.91 Å². The van der Waals surface area contributed by atoms with Gasteiger partial charge in [-0.2, -0.15) is 0 Å². The van der Waals surface area contributed by atoms with Crippen LogP contribution in [0.25, 0.3) is 0 Å². The van der Waals surface area contributed by atoms with Crippen molar-refractivity contribution in [1.29, 1.82) is 0 Å². The monoisotopic (exact) mass is 421 g/mol. The number of hydrogen-bond donors (Lipinski definition) is 2. The van der Waals surface area contributed by atoms with E-state index in [-0.39, 0.29) is 17.7 Å². The average molecular weight is 422 g/mol.